The van der Waals surface area contributed by atoms with Gasteiger partial charge >= 0.3 is 5.97 Å². The largest absolute Gasteiger partial charge is 0.609 e. The molecule has 0 N–H and O–H groups in total. The molecule has 23 heavy (non-hydrogen) atoms. The predicted octanol–water partition coefficient (Wildman–Crippen LogP) is 3.00. The Morgan fingerprint density at radius 1 is 1.17 bits per heavy atom. The van der Waals surface area contributed by atoms with E-state index in [1.807, 2.05) is 44.2 Å². The fraction of sp³-hybridized carbons (Fsp3) is 0.471. The van der Waals surface area contributed by atoms with Crippen molar-refractivity contribution >= 4 is 27.6 Å². The van der Waals surface area contributed by atoms with Crippen molar-refractivity contribution in [3.05, 3.63) is 42.0 Å². The molecule has 1 atom stereocenters. The first kappa shape index (κ1) is 19.4. The maximum atomic E-state index is 12.6. The number of nitrogens with zero attached hydrogens (tertiary/aromatic N) is 1. The number of anilines is 1. The number of para-hydroxylation sites is 1. The summed E-state index contributed by atoms with van der Waals surface area (Å²) in [4.78, 5) is 12.8. The lowest BCUT2D eigenvalue weighted by atomic mass is 10.1. The smallest absolute Gasteiger partial charge is 0.340 e. The van der Waals surface area contributed by atoms with Crippen LogP contribution >= 0.6 is 15.9 Å². The Morgan fingerprint density at radius 2 is 1.74 bits per heavy atom. The molecule has 1 unspecified atom stereocenters. The third-order valence-corrected chi connectivity index (χ3v) is 3.80. The minimum Gasteiger partial charge on any atom is -0.609 e. The molecular formula is C17H23BrNO4-. The summed E-state index contributed by atoms with van der Waals surface area (Å²) in [7, 11) is 1.31. The Bertz CT molecular complexity index is 543. The Kier molecular flexibility index (Phi) is 7.42. The second-order valence-electron chi connectivity index (χ2n) is 5.56. The van der Waals surface area contributed by atoms with Crippen LogP contribution in [0.15, 0.2) is 42.0 Å². The lowest BCUT2D eigenvalue weighted by Gasteiger charge is -2.36. The average molecular weight is 385 g/mol. The van der Waals surface area contributed by atoms with Gasteiger partial charge in [0.25, 0.3) is 0 Å². The second kappa shape index (κ2) is 8.82. The van der Waals surface area contributed by atoms with Crippen molar-refractivity contribution in [3.8, 4) is 0 Å². The summed E-state index contributed by atoms with van der Waals surface area (Å²) in [6, 6.07) is 9.19. The van der Waals surface area contributed by atoms with Gasteiger partial charge in [0.2, 0.25) is 0 Å². The van der Waals surface area contributed by atoms with Crippen LogP contribution in [0.2, 0.25) is 0 Å². The molecule has 0 aromatic heterocycles. The molecule has 0 fully saturated rings. The number of esters is 1. The molecule has 0 radical (unpaired) electrons. The molecular weight excluding hydrogens is 362 g/mol. The van der Waals surface area contributed by atoms with Crippen LogP contribution in [0.5, 0.6) is 0 Å². The lowest BCUT2D eigenvalue weighted by molar-refractivity contribution is -0.364. The predicted molar refractivity (Wildman–Crippen MR) is 91.7 cm³/mol. The van der Waals surface area contributed by atoms with Crippen molar-refractivity contribution in [2.45, 2.75) is 38.8 Å². The van der Waals surface area contributed by atoms with Crippen LogP contribution in [0, 0.1) is 5.92 Å². The number of rotatable bonds is 7. The maximum absolute atomic E-state index is 12.6. The molecule has 0 aliphatic heterocycles. The second-order valence-corrected chi connectivity index (χ2v) is 6.43. The van der Waals surface area contributed by atoms with Crippen molar-refractivity contribution in [1.82, 2.24) is 0 Å². The molecule has 0 amide bonds. The summed E-state index contributed by atoms with van der Waals surface area (Å²) in [5.74, 6) is -1.09. The van der Waals surface area contributed by atoms with E-state index >= 15 is 0 Å². The Labute approximate surface area is 146 Å². The number of alkyl halides is 1. The van der Waals surface area contributed by atoms with Crippen molar-refractivity contribution in [2.24, 2.45) is 5.92 Å². The van der Waals surface area contributed by atoms with E-state index in [1.54, 1.807) is 18.7 Å². The van der Waals surface area contributed by atoms with Gasteiger partial charge < -0.3 is 19.5 Å². The normalized spacial score (nSPS) is 13.6. The average Bonchev–Trinajstić information content (AvgIpc) is 2.50. The molecule has 1 aromatic carbocycles. The van der Waals surface area contributed by atoms with E-state index in [0.29, 0.717) is 11.4 Å². The van der Waals surface area contributed by atoms with Crippen molar-refractivity contribution in [2.75, 3.05) is 12.0 Å². The Hall–Kier alpha value is -1.69. The first-order valence-corrected chi connectivity index (χ1v) is 8.35. The fourth-order valence-corrected chi connectivity index (χ4v) is 2.71. The first-order chi connectivity index (χ1) is 10.8. The standard InChI is InChI=1S/C17H24BrNO4/c1-11(2)14(16(20)23-12(3)4)19(15(18)17(21)22-5)13-9-7-6-8-10-13/h6-12,15,20H,1-5H3/p-1/b16-14+. The minimum absolute atomic E-state index is 0.147. The summed E-state index contributed by atoms with van der Waals surface area (Å²) >= 11 is 3.33. The van der Waals surface area contributed by atoms with E-state index in [-0.39, 0.29) is 12.0 Å². The topological polar surface area (TPSA) is 61.8 Å². The van der Waals surface area contributed by atoms with E-state index in [4.69, 9.17) is 9.47 Å². The molecule has 0 saturated heterocycles. The molecule has 1 rings (SSSR count). The van der Waals surface area contributed by atoms with Crippen LogP contribution in [0.25, 0.3) is 0 Å². The zero-order chi connectivity index (χ0) is 17.6. The van der Waals surface area contributed by atoms with Crippen LogP contribution in [0.1, 0.15) is 27.7 Å². The zero-order valence-corrected chi connectivity index (χ0v) is 15.7. The summed E-state index contributed by atoms with van der Waals surface area (Å²) in [6.45, 7) is 7.33. The van der Waals surface area contributed by atoms with E-state index in [9.17, 15) is 9.90 Å². The highest BCUT2D eigenvalue weighted by Gasteiger charge is 2.29. The molecule has 0 heterocycles. The highest BCUT2D eigenvalue weighted by Crippen LogP contribution is 2.30. The number of carbonyl (C=O) groups is 1. The summed E-state index contributed by atoms with van der Waals surface area (Å²) < 4.78 is 10.2. The van der Waals surface area contributed by atoms with Gasteiger partial charge in [0, 0.05) is 11.4 Å². The SMILES string of the molecule is COC(=O)C(Br)N(/C(=C(\[O-])OC(C)C)C(C)C)c1ccccc1. The third kappa shape index (κ3) is 5.16. The van der Waals surface area contributed by atoms with Gasteiger partial charge in [0.05, 0.1) is 13.1 Å². The monoisotopic (exact) mass is 384 g/mol. The van der Waals surface area contributed by atoms with Crippen LogP contribution in [-0.2, 0) is 14.3 Å². The zero-order valence-electron chi connectivity index (χ0n) is 14.1. The van der Waals surface area contributed by atoms with Gasteiger partial charge in [-0.25, -0.2) is 4.79 Å². The van der Waals surface area contributed by atoms with Gasteiger partial charge in [0.15, 0.2) is 4.95 Å². The van der Waals surface area contributed by atoms with E-state index in [0.717, 1.165) is 0 Å². The molecule has 0 spiro atoms. The molecule has 0 bridgehead atoms. The van der Waals surface area contributed by atoms with Gasteiger partial charge in [-0.1, -0.05) is 61.8 Å². The number of methoxy groups -OCH3 is 1. The number of hydrogen-bond donors (Lipinski definition) is 0. The highest BCUT2D eigenvalue weighted by molar-refractivity contribution is 9.10. The van der Waals surface area contributed by atoms with Gasteiger partial charge in [-0.2, -0.15) is 0 Å². The molecule has 1 aromatic rings. The van der Waals surface area contributed by atoms with Gasteiger partial charge in [-0.15, -0.1) is 0 Å². The van der Waals surface area contributed by atoms with Gasteiger partial charge in [-0.05, 0) is 24.2 Å². The number of benzene rings is 1. The van der Waals surface area contributed by atoms with Crippen LogP contribution in [0.4, 0.5) is 5.69 Å². The van der Waals surface area contributed by atoms with E-state index in [2.05, 4.69) is 15.9 Å². The minimum atomic E-state index is -0.827. The number of hydrogen-bond acceptors (Lipinski definition) is 5. The third-order valence-electron chi connectivity index (χ3n) is 3.02. The lowest BCUT2D eigenvalue weighted by Crippen LogP contribution is -2.41. The van der Waals surface area contributed by atoms with E-state index in [1.165, 1.54) is 7.11 Å². The quantitative estimate of drug-likeness (QED) is 0.313. The number of allylic oxidation sites excluding steroid dienone is 1. The first-order valence-electron chi connectivity index (χ1n) is 7.43. The van der Waals surface area contributed by atoms with Crippen molar-refractivity contribution in [1.29, 1.82) is 0 Å². The number of ether oxygens (including phenoxy) is 2. The molecule has 128 valence electrons. The van der Waals surface area contributed by atoms with Gasteiger partial charge in [0.1, 0.15) is 0 Å². The van der Waals surface area contributed by atoms with Crippen LogP contribution < -0.4 is 10.0 Å². The van der Waals surface area contributed by atoms with E-state index < -0.39 is 16.9 Å². The summed E-state index contributed by atoms with van der Waals surface area (Å²) in [5.41, 5.74) is 1.08. The Balaban J connectivity index is 3.43. The molecule has 0 aliphatic carbocycles. The number of carbonyl (C=O) groups excluding carboxylic acids is 1. The molecule has 0 saturated carbocycles. The summed E-state index contributed by atoms with van der Waals surface area (Å²) in [5, 5.41) is 12.6. The molecule has 5 nitrogen and oxygen atoms in total. The number of halogens is 1. The highest BCUT2D eigenvalue weighted by atomic mass is 79.9. The van der Waals surface area contributed by atoms with Crippen molar-refractivity contribution < 1.29 is 19.4 Å². The van der Waals surface area contributed by atoms with Crippen molar-refractivity contribution in [3.63, 3.8) is 0 Å². The fourth-order valence-electron chi connectivity index (χ4n) is 2.07. The van der Waals surface area contributed by atoms with Crippen LogP contribution in [0.3, 0.4) is 0 Å². The summed E-state index contributed by atoms with van der Waals surface area (Å²) in [6.07, 6.45) is -0.249. The molecule has 6 heteroatoms. The molecule has 0 aliphatic rings. The van der Waals surface area contributed by atoms with Gasteiger partial charge in [-0.3, -0.25) is 0 Å². The maximum Gasteiger partial charge on any atom is 0.340 e. The van der Waals surface area contributed by atoms with Crippen LogP contribution in [-0.4, -0.2) is 24.1 Å². The Morgan fingerprint density at radius 3 is 2.17 bits per heavy atom.